The Balaban J connectivity index is 1.75. The van der Waals surface area contributed by atoms with Crippen molar-refractivity contribution in [3.63, 3.8) is 0 Å². The van der Waals surface area contributed by atoms with E-state index in [0.29, 0.717) is 11.8 Å². The van der Waals surface area contributed by atoms with Crippen LogP contribution in [0.1, 0.15) is 43.2 Å². The largest absolute Gasteiger partial charge is 0.416 e. The molecule has 0 radical (unpaired) electrons. The Labute approximate surface area is 128 Å². The van der Waals surface area contributed by atoms with Crippen LogP contribution in [0.15, 0.2) is 24.3 Å². The maximum absolute atomic E-state index is 12.8. The molecular weight excluding hydrogens is 287 g/mol. The van der Waals surface area contributed by atoms with Gasteiger partial charge < -0.3 is 0 Å². The van der Waals surface area contributed by atoms with Gasteiger partial charge in [-0.25, -0.2) is 0 Å². The third-order valence-corrected chi connectivity index (χ3v) is 6.30. The van der Waals surface area contributed by atoms with Crippen LogP contribution in [0.5, 0.6) is 0 Å². The zero-order chi connectivity index (χ0) is 15.5. The quantitative estimate of drug-likeness (QED) is 0.722. The smallest absolute Gasteiger partial charge is 0.197 e. The Hall–Kier alpha value is -1.50. The normalized spacial score (nSPS) is 39.7. The van der Waals surface area contributed by atoms with E-state index in [-0.39, 0.29) is 0 Å². The summed E-state index contributed by atoms with van der Waals surface area (Å²) in [6, 6.07) is 7.93. The van der Waals surface area contributed by atoms with Crippen molar-refractivity contribution >= 4 is 0 Å². The first kappa shape index (κ1) is 14.1. The van der Waals surface area contributed by atoms with Crippen LogP contribution < -0.4 is 0 Å². The summed E-state index contributed by atoms with van der Waals surface area (Å²) >= 11 is 0. The van der Waals surface area contributed by atoms with Crippen molar-refractivity contribution in [1.29, 1.82) is 5.26 Å². The van der Waals surface area contributed by atoms with Gasteiger partial charge in [0.15, 0.2) is 0 Å². The molecule has 0 amide bonds. The van der Waals surface area contributed by atoms with Gasteiger partial charge in [-0.15, -0.1) is 0 Å². The second-order valence-corrected chi connectivity index (χ2v) is 7.36. The first-order chi connectivity index (χ1) is 10.4. The van der Waals surface area contributed by atoms with Crippen LogP contribution in [-0.4, -0.2) is 0 Å². The average Bonchev–Trinajstić information content (AvgIpc) is 2.47. The van der Waals surface area contributed by atoms with Gasteiger partial charge in [0.05, 0.1) is 17.0 Å². The van der Waals surface area contributed by atoms with Crippen molar-refractivity contribution in [2.24, 2.45) is 23.7 Å². The molecule has 0 saturated heterocycles. The average molecular weight is 305 g/mol. The molecule has 0 aliphatic heterocycles. The molecule has 22 heavy (non-hydrogen) atoms. The molecule has 1 aromatic carbocycles. The van der Waals surface area contributed by atoms with Gasteiger partial charge in [0.2, 0.25) is 0 Å². The number of rotatable bonds is 1. The number of benzene rings is 1. The number of halogens is 3. The fraction of sp³-hybridized carbons (Fsp3) is 0.611. The third kappa shape index (κ3) is 1.84. The van der Waals surface area contributed by atoms with E-state index in [1.54, 1.807) is 12.1 Å². The van der Waals surface area contributed by atoms with Crippen LogP contribution in [0, 0.1) is 35.0 Å². The van der Waals surface area contributed by atoms with Crippen molar-refractivity contribution < 1.29 is 13.2 Å². The molecule has 0 heterocycles. The van der Waals surface area contributed by atoms with Crippen molar-refractivity contribution in [3.8, 4) is 6.07 Å². The molecule has 0 unspecified atom stereocenters. The van der Waals surface area contributed by atoms with Crippen LogP contribution in [0.3, 0.4) is 0 Å². The minimum atomic E-state index is -4.32. The maximum Gasteiger partial charge on any atom is 0.416 e. The predicted molar refractivity (Wildman–Crippen MR) is 75.8 cm³/mol. The summed E-state index contributed by atoms with van der Waals surface area (Å²) in [4.78, 5) is 0. The van der Waals surface area contributed by atoms with E-state index in [9.17, 15) is 18.4 Å². The van der Waals surface area contributed by atoms with Gasteiger partial charge in [0.1, 0.15) is 0 Å². The predicted octanol–water partition coefficient (Wildman–Crippen LogP) is 4.92. The lowest BCUT2D eigenvalue weighted by molar-refractivity contribution is -0.137. The lowest BCUT2D eigenvalue weighted by Gasteiger charge is -2.58. The van der Waals surface area contributed by atoms with Gasteiger partial charge in [-0.05, 0) is 73.5 Å². The second kappa shape index (κ2) is 4.50. The number of hydrogen-bond acceptors (Lipinski definition) is 1. The highest BCUT2D eigenvalue weighted by Gasteiger charge is 2.58. The molecule has 4 saturated carbocycles. The van der Waals surface area contributed by atoms with Crippen LogP contribution in [-0.2, 0) is 11.6 Å². The molecule has 0 aromatic heterocycles. The minimum Gasteiger partial charge on any atom is -0.197 e. The van der Waals surface area contributed by atoms with Crippen LogP contribution in [0.4, 0.5) is 13.2 Å². The zero-order valence-electron chi connectivity index (χ0n) is 12.2. The lowest BCUT2D eigenvalue weighted by Crippen LogP contribution is -2.54. The highest BCUT2D eigenvalue weighted by atomic mass is 19.4. The SMILES string of the molecule is N#CC1(c2ccc(C(F)(F)F)cc2)C2CC3CC(C2)CC1C3. The molecule has 4 heteroatoms. The van der Waals surface area contributed by atoms with E-state index in [0.717, 1.165) is 55.2 Å². The fourth-order valence-electron chi connectivity index (χ4n) is 5.58. The number of nitriles is 1. The second-order valence-electron chi connectivity index (χ2n) is 7.36. The summed E-state index contributed by atoms with van der Waals surface area (Å²) < 4.78 is 38.3. The van der Waals surface area contributed by atoms with E-state index in [2.05, 4.69) is 6.07 Å². The fourth-order valence-corrected chi connectivity index (χ4v) is 5.58. The highest BCUT2D eigenvalue weighted by Crippen LogP contribution is 2.62. The molecule has 4 aliphatic carbocycles. The molecule has 1 aromatic rings. The Morgan fingerprint density at radius 3 is 1.82 bits per heavy atom. The van der Waals surface area contributed by atoms with Crippen LogP contribution in [0.2, 0.25) is 0 Å². The van der Waals surface area contributed by atoms with Crippen molar-refractivity contribution in [1.82, 2.24) is 0 Å². The van der Waals surface area contributed by atoms with Gasteiger partial charge in [-0.1, -0.05) is 12.1 Å². The first-order valence-electron chi connectivity index (χ1n) is 8.02. The van der Waals surface area contributed by atoms with Gasteiger partial charge in [-0.3, -0.25) is 0 Å². The van der Waals surface area contributed by atoms with Crippen molar-refractivity contribution in [3.05, 3.63) is 35.4 Å². The molecular formula is C18H18F3N. The summed E-state index contributed by atoms with van der Waals surface area (Å²) in [5.41, 5.74) is -0.387. The summed E-state index contributed by atoms with van der Waals surface area (Å²) in [7, 11) is 0. The Bertz CT molecular complexity index is 595. The summed E-state index contributed by atoms with van der Waals surface area (Å²) in [5, 5.41) is 9.96. The maximum atomic E-state index is 12.8. The van der Waals surface area contributed by atoms with E-state index in [4.69, 9.17) is 0 Å². The van der Waals surface area contributed by atoms with Crippen LogP contribution >= 0.6 is 0 Å². The van der Waals surface area contributed by atoms with E-state index < -0.39 is 17.2 Å². The highest BCUT2D eigenvalue weighted by molar-refractivity contribution is 5.40. The monoisotopic (exact) mass is 305 g/mol. The molecule has 0 spiro atoms. The number of alkyl halides is 3. The van der Waals surface area contributed by atoms with Crippen molar-refractivity contribution in [2.45, 2.75) is 43.7 Å². The van der Waals surface area contributed by atoms with Gasteiger partial charge in [0, 0.05) is 0 Å². The van der Waals surface area contributed by atoms with Crippen LogP contribution in [0.25, 0.3) is 0 Å². The van der Waals surface area contributed by atoms with Gasteiger partial charge in [-0.2, -0.15) is 18.4 Å². The molecule has 5 rings (SSSR count). The number of nitrogens with zero attached hydrogens (tertiary/aromatic N) is 1. The third-order valence-electron chi connectivity index (χ3n) is 6.30. The molecule has 116 valence electrons. The van der Waals surface area contributed by atoms with Gasteiger partial charge >= 0.3 is 6.18 Å². The Kier molecular flexibility index (Phi) is 2.89. The summed E-state index contributed by atoms with van der Waals surface area (Å²) in [5.74, 6) is 2.12. The molecule has 4 fully saturated rings. The van der Waals surface area contributed by atoms with E-state index in [1.807, 2.05) is 0 Å². The summed E-state index contributed by atoms with van der Waals surface area (Å²) in [6.45, 7) is 0. The number of hydrogen-bond donors (Lipinski definition) is 0. The van der Waals surface area contributed by atoms with Crippen molar-refractivity contribution in [2.75, 3.05) is 0 Å². The molecule has 1 nitrogen and oxygen atoms in total. The Morgan fingerprint density at radius 2 is 1.41 bits per heavy atom. The molecule has 0 N–H and O–H groups in total. The Morgan fingerprint density at radius 1 is 0.909 bits per heavy atom. The summed E-state index contributed by atoms with van der Waals surface area (Å²) in [6.07, 6.45) is 1.26. The zero-order valence-corrected chi connectivity index (χ0v) is 12.2. The lowest BCUT2D eigenvalue weighted by atomic mass is 9.44. The van der Waals surface area contributed by atoms with E-state index >= 15 is 0 Å². The van der Waals surface area contributed by atoms with Gasteiger partial charge in [0.25, 0.3) is 0 Å². The van der Waals surface area contributed by atoms with E-state index in [1.165, 1.54) is 6.42 Å². The standard InChI is InChI=1S/C18H18F3N/c19-18(20,21)14-3-1-13(2-4-14)17(10-22)15-6-11-5-12(8-15)9-16(17)7-11/h1-4,11-12,15-16H,5-9H2. The minimum absolute atomic E-state index is 0.325. The molecule has 4 aliphatic rings. The molecule has 4 bridgehead atoms. The topological polar surface area (TPSA) is 23.8 Å². The first-order valence-corrected chi connectivity index (χ1v) is 8.02. The molecule has 0 atom stereocenters.